The third-order valence-corrected chi connectivity index (χ3v) is 8.26. The molecule has 2 heterocycles. The number of anilines is 1. The van der Waals surface area contributed by atoms with Crippen molar-refractivity contribution in [3.05, 3.63) is 99.0 Å². The lowest BCUT2D eigenvalue weighted by molar-refractivity contribution is -0.129. The number of amides is 1. The van der Waals surface area contributed by atoms with E-state index in [0.29, 0.717) is 41.2 Å². The van der Waals surface area contributed by atoms with Gasteiger partial charge in [-0.15, -0.1) is 0 Å². The number of rotatable bonds is 6. The van der Waals surface area contributed by atoms with Gasteiger partial charge in [0.15, 0.2) is 11.5 Å². The van der Waals surface area contributed by atoms with Crippen LogP contribution in [-0.4, -0.2) is 30.5 Å². The number of hydrogen-bond acceptors (Lipinski definition) is 6. The molecule has 0 aliphatic carbocycles. The minimum absolute atomic E-state index is 0.0146. The van der Waals surface area contributed by atoms with E-state index >= 15 is 0 Å². The van der Waals surface area contributed by atoms with Crippen LogP contribution < -0.4 is 14.4 Å². The summed E-state index contributed by atoms with van der Waals surface area (Å²) in [6.07, 6.45) is 0.211. The van der Waals surface area contributed by atoms with Crippen LogP contribution in [0, 0.1) is 18.3 Å². The van der Waals surface area contributed by atoms with E-state index in [-0.39, 0.29) is 18.2 Å². The van der Waals surface area contributed by atoms with Crippen molar-refractivity contribution in [3.63, 3.8) is 0 Å². The lowest BCUT2D eigenvalue weighted by atomic mass is 9.86. The number of nitriles is 1. The van der Waals surface area contributed by atoms with Crippen molar-refractivity contribution in [1.82, 2.24) is 4.90 Å². The summed E-state index contributed by atoms with van der Waals surface area (Å²) in [6.45, 7) is 2.78. The number of benzene rings is 3. The Morgan fingerprint density at radius 3 is 2.68 bits per heavy atom. The molecule has 3 aromatic rings. The van der Waals surface area contributed by atoms with E-state index in [1.54, 1.807) is 12.0 Å². The predicted molar refractivity (Wildman–Crippen MR) is 147 cm³/mol. The molecule has 0 unspecified atom stereocenters. The van der Waals surface area contributed by atoms with E-state index in [2.05, 4.69) is 11.0 Å². The molecule has 1 amide bonds. The highest BCUT2D eigenvalue weighted by Crippen LogP contribution is 2.45. The van der Waals surface area contributed by atoms with Crippen LogP contribution in [0.3, 0.4) is 0 Å². The topological polar surface area (TPSA) is 65.8 Å². The zero-order valence-electron chi connectivity index (χ0n) is 20.6. The molecule has 1 saturated heterocycles. The molecule has 8 heteroatoms. The van der Waals surface area contributed by atoms with Gasteiger partial charge in [0.1, 0.15) is 6.61 Å². The molecule has 2 aliphatic rings. The smallest absolute Gasteiger partial charge is 0.229 e. The molecule has 0 aromatic heterocycles. The summed E-state index contributed by atoms with van der Waals surface area (Å²) < 4.78 is 11.6. The maximum Gasteiger partial charge on any atom is 0.229 e. The maximum absolute atomic E-state index is 13.3. The summed E-state index contributed by atoms with van der Waals surface area (Å²) >= 11 is 7.84. The normalized spacial score (nSPS) is 17.4. The summed E-state index contributed by atoms with van der Waals surface area (Å²) in [7, 11) is 1.59. The van der Waals surface area contributed by atoms with Gasteiger partial charge in [-0.1, -0.05) is 65.8 Å². The molecular formula is C29H26ClN3O3S. The molecule has 1 atom stereocenters. The number of allylic oxidation sites excluding steroid dienone is 1. The minimum atomic E-state index is -0.340. The fraction of sp³-hybridized carbons (Fsp3) is 0.241. The Balaban J connectivity index is 1.40. The Morgan fingerprint density at radius 1 is 1.11 bits per heavy atom. The average Bonchev–Trinajstić information content (AvgIpc) is 2.93. The second-order valence-electron chi connectivity index (χ2n) is 8.93. The highest BCUT2D eigenvalue weighted by molar-refractivity contribution is 8.03. The Bertz CT molecular complexity index is 1400. The zero-order valence-corrected chi connectivity index (χ0v) is 22.2. The van der Waals surface area contributed by atoms with Crippen LogP contribution in [0.5, 0.6) is 11.5 Å². The molecule has 3 aromatic carbocycles. The van der Waals surface area contributed by atoms with Crippen molar-refractivity contribution in [3.8, 4) is 17.6 Å². The highest BCUT2D eigenvalue weighted by atomic mass is 35.5. The van der Waals surface area contributed by atoms with Crippen molar-refractivity contribution >= 4 is 35.0 Å². The standard InChI is InChI=1S/C29H26ClN3O3S/c1-19-24(30)9-6-10-25(19)32-17-33-28(34)14-22(23(15-31)29(33)37-18-32)21-11-12-26(27(13-21)35-2)36-16-20-7-4-3-5-8-20/h3-13,22H,14,16-18H2,1-2H3/t22-/m1/s1. The predicted octanol–water partition coefficient (Wildman–Crippen LogP) is 6.46. The van der Waals surface area contributed by atoms with Gasteiger partial charge in [0.05, 0.1) is 36.3 Å². The number of methoxy groups -OCH3 is 1. The number of thioether (sulfide) groups is 1. The van der Waals surface area contributed by atoms with Crippen molar-refractivity contribution < 1.29 is 14.3 Å². The van der Waals surface area contributed by atoms with Crippen molar-refractivity contribution in [2.45, 2.75) is 25.9 Å². The van der Waals surface area contributed by atoms with Gasteiger partial charge in [-0.2, -0.15) is 5.26 Å². The van der Waals surface area contributed by atoms with Gasteiger partial charge in [-0.25, -0.2) is 0 Å². The second kappa shape index (κ2) is 10.8. The van der Waals surface area contributed by atoms with Crippen LogP contribution in [0.25, 0.3) is 0 Å². The molecule has 2 aliphatic heterocycles. The number of nitrogens with zero attached hydrogens (tertiary/aromatic N) is 3. The van der Waals surface area contributed by atoms with Gasteiger partial charge < -0.3 is 14.4 Å². The zero-order chi connectivity index (χ0) is 25.9. The lowest BCUT2D eigenvalue weighted by Gasteiger charge is -2.42. The van der Waals surface area contributed by atoms with E-state index in [1.165, 1.54) is 11.8 Å². The largest absolute Gasteiger partial charge is 0.493 e. The van der Waals surface area contributed by atoms with Gasteiger partial charge in [-0.3, -0.25) is 9.69 Å². The first kappa shape index (κ1) is 25.1. The number of carbonyl (C=O) groups is 1. The molecule has 0 saturated carbocycles. The monoisotopic (exact) mass is 531 g/mol. The second-order valence-corrected chi connectivity index (χ2v) is 10.3. The first-order chi connectivity index (χ1) is 18.0. The van der Waals surface area contributed by atoms with E-state index in [1.807, 2.05) is 73.7 Å². The van der Waals surface area contributed by atoms with Crippen LogP contribution >= 0.6 is 23.4 Å². The number of fused-ring (bicyclic) bond motifs is 1. The molecule has 5 rings (SSSR count). The van der Waals surface area contributed by atoms with Crippen molar-refractivity contribution in [2.24, 2.45) is 0 Å². The van der Waals surface area contributed by atoms with Crippen molar-refractivity contribution in [2.75, 3.05) is 24.6 Å². The summed E-state index contributed by atoms with van der Waals surface area (Å²) in [6, 6.07) is 23.7. The summed E-state index contributed by atoms with van der Waals surface area (Å²) in [5.41, 5.74) is 4.48. The Labute approximate surface area is 226 Å². The molecule has 0 N–H and O–H groups in total. The van der Waals surface area contributed by atoms with Crippen molar-refractivity contribution in [1.29, 1.82) is 5.26 Å². The summed E-state index contributed by atoms with van der Waals surface area (Å²) in [5, 5.41) is 11.6. The van der Waals surface area contributed by atoms with E-state index in [4.69, 9.17) is 21.1 Å². The van der Waals surface area contributed by atoms with Crippen LogP contribution in [-0.2, 0) is 11.4 Å². The highest BCUT2D eigenvalue weighted by Gasteiger charge is 2.39. The SMILES string of the molecule is COc1cc([C@H]2CC(=O)N3CN(c4cccc(Cl)c4C)CSC3=C2C#N)ccc1OCc1ccccc1. The van der Waals surface area contributed by atoms with E-state index in [9.17, 15) is 10.1 Å². The van der Waals surface area contributed by atoms with Gasteiger partial charge in [0.25, 0.3) is 0 Å². The molecule has 188 valence electrons. The van der Waals surface area contributed by atoms with E-state index < -0.39 is 0 Å². The van der Waals surface area contributed by atoms with Crippen LogP contribution in [0.1, 0.15) is 29.0 Å². The van der Waals surface area contributed by atoms with Gasteiger partial charge in [0.2, 0.25) is 5.91 Å². The quantitative estimate of drug-likeness (QED) is 0.364. The van der Waals surface area contributed by atoms with Gasteiger partial charge in [0, 0.05) is 23.0 Å². The summed E-state index contributed by atoms with van der Waals surface area (Å²) in [4.78, 5) is 17.2. The molecule has 0 spiro atoms. The number of halogens is 1. The third-order valence-electron chi connectivity index (χ3n) is 6.70. The maximum atomic E-state index is 13.3. The molecule has 0 bridgehead atoms. The fourth-order valence-corrected chi connectivity index (χ4v) is 6.02. The first-order valence-corrected chi connectivity index (χ1v) is 13.3. The molecule has 1 fully saturated rings. The first-order valence-electron chi connectivity index (χ1n) is 11.9. The van der Waals surface area contributed by atoms with Gasteiger partial charge >= 0.3 is 0 Å². The third kappa shape index (κ3) is 5.00. The van der Waals surface area contributed by atoms with E-state index in [0.717, 1.165) is 27.4 Å². The van der Waals surface area contributed by atoms with Gasteiger partial charge in [-0.05, 0) is 47.9 Å². The lowest BCUT2D eigenvalue weighted by Crippen LogP contribution is -2.47. The Hall–Kier alpha value is -3.60. The molecule has 0 radical (unpaired) electrons. The van der Waals surface area contributed by atoms with Crippen LogP contribution in [0.15, 0.2) is 77.3 Å². The molecule has 37 heavy (non-hydrogen) atoms. The van der Waals surface area contributed by atoms with Crippen LogP contribution in [0.2, 0.25) is 5.02 Å². The Morgan fingerprint density at radius 2 is 1.92 bits per heavy atom. The molecular weight excluding hydrogens is 506 g/mol. The minimum Gasteiger partial charge on any atom is -0.493 e. The number of ether oxygens (including phenoxy) is 2. The number of carbonyl (C=O) groups excluding carboxylic acids is 1. The summed E-state index contributed by atoms with van der Waals surface area (Å²) in [5.74, 6) is 1.45. The van der Waals surface area contributed by atoms with Crippen LogP contribution in [0.4, 0.5) is 5.69 Å². The number of hydrogen-bond donors (Lipinski definition) is 0. The fourth-order valence-electron chi connectivity index (χ4n) is 4.69. The average molecular weight is 532 g/mol. The Kier molecular flexibility index (Phi) is 7.31. The molecule has 6 nitrogen and oxygen atoms in total.